The number of fused-ring (bicyclic) bond motifs is 1. The maximum atomic E-state index is 13.2. The molecule has 0 aliphatic carbocycles. The summed E-state index contributed by atoms with van der Waals surface area (Å²) >= 11 is 0. The molecule has 8 heteroatoms. The highest BCUT2D eigenvalue weighted by Gasteiger charge is 2.33. The smallest absolute Gasteiger partial charge is 0.263 e. The third-order valence-electron chi connectivity index (χ3n) is 5.18. The highest BCUT2D eigenvalue weighted by Crippen LogP contribution is 2.24. The van der Waals surface area contributed by atoms with E-state index in [0.29, 0.717) is 31.5 Å². The lowest BCUT2D eigenvalue weighted by Gasteiger charge is -2.35. The first-order chi connectivity index (χ1) is 13.8. The van der Waals surface area contributed by atoms with Gasteiger partial charge in [0.2, 0.25) is 5.91 Å². The van der Waals surface area contributed by atoms with Gasteiger partial charge in [0.15, 0.2) is 0 Å². The zero-order valence-corrected chi connectivity index (χ0v) is 17.8. The van der Waals surface area contributed by atoms with E-state index in [1.54, 1.807) is 24.3 Å². The molecule has 0 saturated carbocycles. The molecule has 1 saturated heterocycles. The van der Waals surface area contributed by atoms with E-state index in [2.05, 4.69) is 20.5 Å². The first-order valence-corrected chi connectivity index (χ1v) is 11.4. The number of amidine groups is 1. The number of rotatable bonds is 6. The first-order valence-electron chi connectivity index (χ1n) is 9.96. The average molecular weight is 417 g/mol. The molecule has 7 nitrogen and oxygen atoms in total. The van der Waals surface area contributed by atoms with Crippen LogP contribution in [0.1, 0.15) is 32.3 Å². The van der Waals surface area contributed by atoms with Crippen LogP contribution < -0.4 is 4.72 Å². The quantitative estimate of drug-likeness (QED) is 0.709. The second-order valence-electron chi connectivity index (χ2n) is 7.85. The van der Waals surface area contributed by atoms with E-state index in [0.717, 1.165) is 19.6 Å². The minimum absolute atomic E-state index is 0.0496. The van der Waals surface area contributed by atoms with Crippen LogP contribution in [0.15, 0.2) is 34.2 Å². The summed E-state index contributed by atoms with van der Waals surface area (Å²) in [4.78, 5) is 22.1. The second-order valence-corrected chi connectivity index (χ2v) is 9.50. The molecule has 3 rings (SSSR count). The normalized spacial score (nSPS) is 20.9. The number of carbonyl (C=O) groups excluding carboxylic acids is 1. The van der Waals surface area contributed by atoms with Crippen molar-refractivity contribution in [1.82, 2.24) is 14.5 Å². The molecule has 2 heterocycles. The molecule has 0 radical (unpaired) electrons. The van der Waals surface area contributed by atoms with Gasteiger partial charge < -0.3 is 4.90 Å². The molecular weight excluding hydrogens is 388 g/mol. The van der Waals surface area contributed by atoms with Crippen molar-refractivity contribution >= 4 is 21.8 Å². The molecule has 0 spiro atoms. The van der Waals surface area contributed by atoms with Gasteiger partial charge in [-0.25, -0.2) is 8.42 Å². The van der Waals surface area contributed by atoms with Crippen LogP contribution >= 0.6 is 0 Å². The van der Waals surface area contributed by atoms with Crippen LogP contribution in [0.4, 0.5) is 0 Å². The topological polar surface area (TPSA) is 82.1 Å². The minimum atomic E-state index is -3.62. The highest BCUT2D eigenvalue weighted by atomic mass is 32.2. The number of aliphatic imine (C=N–C) groups is 1. The van der Waals surface area contributed by atoms with Crippen molar-refractivity contribution in [3.05, 3.63) is 29.8 Å². The number of piperazine rings is 1. The predicted octanol–water partition coefficient (Wildman–Crippen LogP) is 1.31. The van der Waals surface area contributed by atoms with E-state index in [-0.39, 0.29) is 22.6 Å². The van der Waals surface area contributed by atoms with Crippen molar-refractivity contribution < 1.29 is 13.2 Å². The fourth-order valence-corrected chi connectivity index (χ4v) is 4.91. The standard InChI is InChI=1S/C21H28N4O3S/c1-4-5-10-24-11-13-25(14-12-24)21(26)18(15-16(2)3)22-20-17-8-6-7-9-19(17)29(27,28)23-20/h1,6-9,16,18H,5,10-15H2,2-3H3,(H,22,23). The Balaban J connectivity index is 1.78. The Labute approximate surface area is 173 Å². The Bertz CT molecular complexity index is 925. The van der Waals surface area contributed by atoms with E-state index in [1.807, 2.05) is 18.7 Å². The van der Waals surface area contributed by atoms with Crippen molar-refractivity contribution in [3.8, 4) is 12.3 Å². The third-order valence-corrected chi connectivity index (χ3v) is 6.58. The molecule has 1 atom stereocenters. The maximum Gasteiger partial charge on any atom is 0.263 e. The predicted molar refractivity (Wildman–Crippen MR) is 113 cm³/mol. The van der Waals surface area contributed by atoms with Crippen LogP contribution in [-0.4, -0.2) is 68.7 Å². The molecule has 1 unspecified atom stereocenters. The molecule has 1 aromatic rings. The van der Waals surface area contributed by atoms with Gasteiger partial charge in [0.05, 0.1) is 4.90 Å². The molecule has 29 heavy (non-hydrogen) atoms. The summed E-state index contributed by atoms with van der Waals surface area (Å²) < 4.78 is 27.2. The number of sulfonamides is 1. The van der Waals surface area contributed by atoms with E-state index in [4.69, 9.17) is 6.42 Å². The fourth-order valence-electron chi connectivity index (χ4n) is 3.67. The third kappa shape index (κ3) is 4.98. The summed E-state index contributed by atoms with van der Waals surface area (Å²) in [6, 6.07) is 6.10. The van der Waals surface area contributed by atoms with Crippen LogP contribution in [0.3, 0.4) is 0 Å². The van der Waals surface area contributed by atoms with Gasteiger partial charge in [-0.05, 0) is 24.5 Å². The number of benzene rings is 1. The maximum absolute atomic E-state index is 13.2. The Kier molecular flexibility index (Phi) is 6.60. The molecular formula is C21H28N4O3S. The van der Waals surface area contributed by atoms with Gasteiger partial charge in [0, 0.05) is 44.7 Å². The molecule has 1 N–H and O–H groups in total. The van der Waals surface area contributed by atoms with Crippen molar-refractivity contribution in [2.75, 3.05) is 32.7 Å². The van der Waals surface area contributed by atoms with Crippen LogP contribution in [0.2, 0.25) is 0 Å². The van der Waals surface area contributed by atoms with Gasteiger partial charge in [0.1, 0.15) is 11.9 Å². The molecule has 2 aliphatic rings. The summed E-state index contributed by atoms with van der Waals surface area (Å²) in [6.07, 6.45) is 6.60. The van der Waals surface area contributed by atoms with E-state index < -0.39 is 16.1 Å². The van der Waals surface area contributed by atoms with Crippen LogP contribution in [0.25, 0.3) is 0 Å². The lowest BCUT2D eigenvalue weighted by Crippen LogP contribution is -2.51. The summed E-state index contributed by atoms with van der Waals surface area (Å²) in [5, 5.41) is 0. The first kappa shape index (κ1) is 21.3. The summed E-state index contributed by atoms with van der Waals surface area (Å²) in [5.41, 5.74) is 0.521. The Morgan fingerprint density at radius 2 is 1.93 bits per heavy atom. The molecule has 1 fully saturated rings. The number of hydrogen-bond donors (Lipinski definition) is 1. The Morgan fingerprint density at radius 3 is 2.59 bits per heavy atom. The van der Waals surface area contributed by atoms with Gasteiger partial charge >= 0.3 is 0 Å². The fraction of sp³-hybridized carbons (Fsp3) is 0.524. The van der Waals surface area contributed by atoms with Crippen molar-refractivity contribution in [2.45, 2.75) is 37.6 Å². The summed E-state index contributed by atoms with van der Waals surface area (Å²) in [6.45, 7) is 7.74. The number of terminal acetylenes is 1. The van der Waals surface area contributed by atoms with Gasteiger partial charge in [-0.2, -0.15) is 0 Å². The van der Waals surface area contributed by atoms with Crippen molar-refractivity contribution in [3.63, 3.8) is 0 Å². The SMILES string of the molecule is C#CCCN1CCN(C(=O)C(CC(C)C)N=C2NS(=O)(=O)c3ccccc32)CC1. The Morgan fingerprint density at radius 1 is 1.24 bits per heavy atom. The molecule has 1 amide bonds. The van der Waals surface area contributed by atoms with Gasteiger partial charge in [-0.1, -0.05) is 26.0 Å². The minimum Gasteiger partial charge on any atom is -0.338 e. The van der Waals surface area contributed by atoms with Gasteiger partial charge in [-0.15, -0.1) is 12.3 Å². The van der Waals surface area contributed by atoms with Crippen LogP contribution in [-0.2, 0) is 14.8 Å². The lowest BCUT2D eigenvalue weighted by atomic mass is 10.0. The molecule has 2 aliphatic heterocycles. The monoisotopic (exact) mass is 416 g/mol. The molecule has 0 aromatic heterocycles. The van der Waals surface area contributed by atoms with Gasteiger partial charge in [0.25, 0.3) is 10.0 Å². The number of carbonyl (C=O) groups is 1. The Hall–Kier alpha value is -2.37. The second kappa shape index (κ2) is 8.97. The largest absolute Gasteiger partial charge is 0.338 e. The highest BCUT2D eigenvalue weighted by molar-refractivity contribution is 7.90. The van der Waals surface area contributed by atoms with Gasteiger partial charge in [-0.3, -0.25) is 19.4 Å². The van der Waals surface area contributed by atoms with Crippen LogP contribution in [0.5, 0.6) is 0 Å². The average Bonchev–Trinajstić information content (AvgIpc) is 2.96. The van der Waals surface area contributed by atoms with E-state index in [9.17, 15) is 13.2 Å². The summed E-state index contributed by atoms with van der Waals surface area (Å²) in [5.74, 6) is 3.10. The van der Waals surface area contributed by atoms with Crippen LogP contribution in [0, 0.1) is 18.3 Å². The number of nitrogens with one attached hydrogen (secondary N) is 1. The molecule has 156 valence electrons. The van der Waals surface area contributed by atoms with E-state index >= 15 is 0 Å². The number of hydrogen-bond acceptors (Lipinski definition) is 5. The number of nitrogens with zero attached hydrogens (tertiary/aromatic N) is 3. The summed E-state index contributed by atoms with van der Waals surface area (Å²) in [7, 11) is -3.62. The molecule has 1 aromatic carbocycles. The van der Waals surface area contributed by atoms with Crippen molar-refractivity contribution in [1.29, 1.82) is 0 Å². The van der Waals surface area contributed by atoms with Crippen molar-refractivity contribution in [2.24, 2.45) is 10.9 Å². The van der Waals surface area contributed by atoms with E-state index in [1.165, 1.54) is 0 Å². The molecule has 0 bridgehead atoms. The number of amides is 1. The zero-order chi connectivity index (χ0) is 21.0. The zero-order valence-electron chi connectivity index (χ0n) is 17.0. The lowest BCUT2D eigenvalue weighted by molar-refractivity contribution is -0.134.